The molecule has 0 aliphatic carbocycles. The summed E-state index contributed by atoms with van der Waals surface area (Å²) in [6.07, 6.45) is 3.92. The smallest absolute Gasteiger partial charge is 0.253 e. The third kappa shape index (κ3) is 4.64. The lowest BCUT2D eigenvalue weighted by molar-refractivity contribution is -0.141. The van der Waals surface area contributed by atoms with Crippen LogP contribution in [0.15, 0.2) is 60.9 Å². The van der Waals surface area contributed by atoms with Gasteiger partial charge in [0.2, 0.25) is 11.8 Å². The second-order valence-electron chi connectivity index (χ2n) is 10.3. The number of aromatic nitrogens is 2. The Hall–Kier alpha value is -3.79. The molecule has 6 rings (SSSR count). The first kappa shape index (κ1) is 26.4. The summed E-state index contributed by atoms with van der Waals surface area (Å²) < 4.78 is 0. The number of benzene rings is 2. The molecular formula is C29H26Cl2N6O3. The molecule has 9 nitrogen and oxygen atoms in total. The highest BCUT2D eigenvalue weighted by molar-refractivity contribution is 6.35. The molecule has 40 heavy (non-hydrogen) atoms. The van der Waals surface area contributed by atoms with Gasteiger partial charge in [0.25, 0.3) is 5.91 Å². The summed E-state index contributed by atoms with van der Waals surface area (Å²) in [7, 11) is 0. The van der Waals surface area contributed by atoms with Gasteiger partial charge in [-0.3, -0.25) is 29.7 Å². The molecule has 2 aliphatic rings. The fraction of sp³-hybridized carbons (Fsp3) is 0.276. The van der Waals surface area contributed by atoms with E-state index in [0.29, 0.717) is 36.1 Å². The monoisotopic (exact) mass is 576 g/mol. The molecule has 4 aromatic rings. The first-order valence-corrected chi connectivity index (χ1v) is 13.7. The first-order chi connectivity index (χ1) is 19.2. The Morgan fingerprint density at radius 3 is 2.05 bits per heavy atom. The van der Waals surface area contributed by atoms with Crippen LogP contribution in [0.5, 0.6) is 0 Å². The van der Waals surface area contributed by atoms with Crippen LogP contribution in [-0.2, 0) is 27.5 Å². The standard InChI is InChI=1S/C29H26Cl2N6O3/c30-21-5-9-33-23-3-1-17(13-19(21)23)15-36-11-7-25(26(36)38)35-29(27(32)39)8-12-37(28(29)40)16-18-2-4-24-20(14-18)22(31)6-10-34-24/h1-6,9-10,13-14,25,35H,7-8,11-12,15-16H2,(H2,32,39)/t25-,29-/m0/s1. The van der Waals surface area contributed by atoms with Gasteiger partial charge < -0.3 is 15.5 Å². The van der Waals surface area contributed by atoms with Crippen molar-refractivity contribution in [3.63, 3.8) is 0 Å². The Labute approximate surface area is 240 Å². The van der Waals surface area contributed by atoms with Crippen molar-refractivity contribution in [2.24, 2.45) is 5.73 Å². The van der Waals surface area contributed by atoms with Crippen LogP contribution in [0.1, 0.15) is 24.0 Å². The Kier molecular flexibility index (Phi) is 6.82. The van der Waals surface area contributed by atoms with Crippen LogP contribution in [0.4, 0.5) is 0 Å². The van der Waals surface area contributed by atoms with Gasteiger partial charge in [-0.2, -0.15) is 0 Å². The number of carbonyl (C=O) groups is 3. The number of hydrogen-bond donors (Lipinski definition) is 2. The maximum absolute atomic E-state index is 13.6. The maximum Gasteiger partial charge on any atom is 0.253 e. The highest BCUT2D eigenvalue weighted by Gasteiger charge is 2.54. The summed E-state index contributed by atoms with van der Waals surface area (Å²) in [6, 6.07) is 14.1. The number of nitrogens with zero attached hydrogens (tertiary/aromatic N) is 4. The minimum absolute atomic E-state index is 0.178. The highest BCUT2D eigenvalue weighted by atomic mass is 35.5. The molecule has 0 unspecified atom stereocenters. The predicted octanol–water partition coefficient (Wildman–Crippen LogP) is 3.44. The summed E-state index contributed by atoms with van der Waals surface area (Å²) >= 11 is 12.7. The fourth-order valence-electron chi connectivity index (χ4n) is 5.65. The van der Waals surface area contributed by atoms with Gasteiger partial charge in [0.1, 0.15) is 0 Å². The largest absolute Gasteiger partial charge is 0.368 e. The van der Waals surface area contributed by atoms with Crippen molar-refractivity contribution in [2.45, 2.75) is 37.5 Å². The zero-order chi connectivity index (χ0) is 28.0. The molecule has 3 amide bonds. The van der Waals surface area contributed by atoms with Crippen molar-refractivity contribution < 1.29 is 14.4 Å². The third-order valence-electron chi connectivity index (χ3n) is 7.80. The third-order valence-corrected chi connectivity index (χ3v) is 8.46. The summed E-state index contributed by atoms with van der Waals surface area (Å²) in [6.45, 7) is 1.46. The van der Waals surface area contributed by atoms with E-state index in [-0.39, 0.29) is 18.9 Å². The van der Waals surface area contributed by atoms with Crippen molar-refractivity contribution in [1.82, 2.24) is 25.1 Å². The predicted molar refractivity (Wildman–Crippen MR) is 152 cm³/mol. The van der Waals surface area contributed by atoms with Gasteiger partial charge in [0.05, 0.1) is 27.1 Å². The topological polar surface area (TPSA) is 122 Å². The van der Waals surface area contributed by atoms with E-state index < -0.39 is 23.4 Å². The van der Waals surface area contributed by atoms with Gasteiger partial charge in [-0.15, -0.1) is 0 Å². The number of fused-ring (bicyclic) bond motifs is 2. The van der Waals surface area contributed by atoms with Crippen LogP contribution in [0.2, 0.25) is 10.0 Å². The Morgan fingerprint density at radius 2 is 1.48 bits per heavy atom. The van der Waals surface area contributed by atoms with Crippen LogP contribution in [0, 0.1) is 0 Å². The van der Waals surface area contributed by atoms with E-state index in [9.17, 15) is 14.4 Å². The number of nitrogens with one attached hydrogen (secondary N) is 1. The van der Waals surface area contributed by atoms with Crippen LogP contribution in [-0.4, -0.2) is 62.2 Å². The van der Waals surface area contributed by atoms with E-state index in [2.05, 4.69) is 15.3 Å². The number of hydrogen-bond acceptors (Lipinski definition) is 6. The molecule has 2 saturated heterocycles. The van der Waals surface area contributed by atoms with Crippen LogP contribution in [0.25, 0.3) is 21.8 Å². The van der Waals surface area contributed by atoms with Gasteiger partial charge >= 0.3 is 0 Å². The summed E-state index contributed by atoms with van der Waals surface area (Å²) in [5, 5.41) is 5.85. The molecule has 2 atom stereocenters. The van der Waals surface area contributed by atoms with Crippen LogP contribution in [0.3, 0.4) is 0 Å². The average Bonchev–Trinajstić information content (AvgIpc) is 3.44. The molecule has 2 fully saturated rings. The van der Waals surface area contributed by atoms with E-state index in [1.165, 1.54) is 0 Å². The summed E-state index contributed by atoms with van der Waals surface area (Å²) in [5.74, 6) is -1.39. The Morgan fingerprint density at radius 1 is 0.900 bits per heavy atom. The first-order valence-electron chi connectivity index (χ1n) is 13.0. The van der Waals surface area contributed by atoms with E-state index >= 15 is 0 Å². The van der Waals surface area contributed by atoms with Gasteiger partial charge in [-0.1, -0.05) is 35.3 Å². The minimum Gasteiger partial charge on any atom is -0.368 e. The number of pyridine rings is 2. The van der Waals surface area contributed by atoms with Gasteiger partial charge in [0.15, 0.2) is 5.54 Å². The van der Waals surface area contributed by atoms with E-state index in [4.69, 9.17) is 28.9 Å². The average molecular weight is 577 g/mol. The van der Waals surface area contributed by atoms with Crippen molar-refractivity contribution in [2.75, 3.05) is 13.1 Å². The molecule has 2 aromatic carbocycles. The molecular weight excluding hydrogens is 551 g/mol. The lowest BCUT2D eigenvalue weighted by atomic mass is 9.95. The molecule has 11 heteroatoms. The van der Waals surface area contributed by atoms with Gasteiger partial charge in [-0.05, 0) is 53.9 Å². The second kappa shape index (κ2) is 10.3. The minimum atomic E-state index is -1.64. The highest BCUT2D eigenvalue weighted by Crippen LogP contribution is 2.30. The number of likely N-dealkylation sites (tertiary alicyclic amines) is 2. The Balaban J connectivity index is 1.16. The normalized spacial score (nSPS) is 21.2. The van der Waals surface area contributed by atoms with Gasteiger partial charge in [-0.25, -0.2) is 0 Å². The number of nitrogens with two attached hydrogens (primary N) is 1. The van der Waals surface area contributed by atoms with Crippen molar-refractivity contribution in [3.8, 4) is 0 Å². The van der Waals surface area contributed by atoms with Crippen LogP contribution >= 0.6 is 23.2 Å². The van der Waals surface area contributed by atoms with E-state index in [1.54, 1.807) is 34.3 Å². The number of carbonyl (C=O) groups excluding carboxylic acids is 3. The molecule has 0 bridgehead atoms. The molecule has 3 N–H and O–H groups in total. The quantitative estimate of drug-likeness (QED) is 0.325. The molecule has 4 heterocycles. The number of primary amides is 1. The van der Waals surface area contributed by atoms with Crippen molar-refractivity contribution in [3.05, 3.63) is 82.1 Å². The number of amides is 3. The Bertz CT molecular complexity index is 1680. The second-order valence-corrected chi connectivity index (χ2v) is 11.1. The zero-order valence-electron chi connectivity index (χ0n) is 21.4. The molecule has 0 spiro atoms. The lowest BCUT2D eigenvalue weighted by Crippen LogP contribution is -2.64. The fourth-order valence-corrected chi connectivity index (χ4v) is 6.07. The molecule has 2 aromatic heterocycles. The van der Waals surface area contributed by atoms with Crippen molar-refractivity contribution >= 4 is 62.7 Å². The SMILES string of the molecule is NC(=O)[C@@]1(N[C@H]2CCN(Cc3ccc4nccc(Cl)c4c3)C2=O)CCN(Cc2ccc3nccc(Cl)c3c2)C1=O. The molecule has 0 saturated carbocycles. The van der Waals surface area contributed by atoms with E-state index in [0.717, 1.165) is 32.9 Å². The molecule has 204 valence electrons. The van der Waals surface area contributed by atoms with Crippen molar-refractivity contribution in [1.29, 1.82) is 0 Å². The maximum atomic E-state index is 13.6. The summed E-state index contributed by atoms with van der Waals surface area (Å²) in [5.41, 5.74) is 7.46. The summed E-state index contributed by atoms with van der Waals surface area (Å²) in [4.78, 5) is 51.6. The zero-order valence-corrected chi connectivity index (χ0v) is 23.0. The van der Waals surface area contributed by atoms with Crippen LogP contribution < -0.4 is 11.1 Å². The van der Waals surface area contributed by atoms with Gasteiger partial charge in [0, 0.05) is 55.8 Å². The number of rotatable bonds is 7. The van der Waals surface area contributed by atoms with E-state index in [1.807, 2.05) is 36.4 Å². The number of halogens is 2. The molecule has 0 radical (unpaired) electrons. The molecule has 2 aliphatic heterocycles. The lowest BCUT2D eigenvalue weighted by Gasteiger charge is -2.29.